The van der Waals surface area contributed by atoms with Crippen molar-refractivity contribution >= 4 is 27.3 Å². The average Bonchev–Trinajstić information content (AvgIpc) is 2.67. The first-order valence-corrected chi connectivity index (χ1v) is 11.0. The fourth-order valence-electron chi connectivity index (χ4n) is 2.93. The Balaban J connectivity index is 2.12. The first-order chi connectivity index (χ1) is 13.9. The standard InChI is InChI=1S/C20H24F3N3O3S/c1-15(19(27)24-12-13-25(2)17-9-5-4-6-10-17)26(30(3,28)29)18-11-7-8-16(14-18)20(21,22)23/h4-11,14-15H,12-13H2,1-3H3,(H,24,27)/t15-/m1/s1. The average molecular weight is 443 g/mol. The number of rotatable bonds is 8. The van der Waals surface area contributed by atoms with Gasteiger partial charge < -0.3 is 10.2 Å². The number of benzene rings is 2. The van der Waals surface area contributed by atoms with Crippen LogP contribution in [0.1, 0.15) is 12.5 Å². The van der Waals surface area contributed by atoms with Crippen LogP contribution >= 0.6 is 0 Å². The first-order valence-electron chi connectivity index (χ1n) is 9.12. The molecule has 1 atom stereocenters. The number of nitrogens with zero attached hydrogens (tertiary/aromatic N) is 2. The monoisotopic (exact) mass is 443 g/mol. The minimum Gasteiger partial charge on any atom is -0.373 e. The Labute approximate surface area is 174 Å². The van der Waals surface area contributed by atoms with Crippen LogP contribution in [0.25, 0.3) is 0 Å². The quantitative estimate of drug-likeness (QED) is 0.681. The molecule has 0 radical (unpaired) electrons. The molecule has 0 unspecified atom stereocenters. The van der Waals surface area contributed by atoms with Crippen molar-refractivity contribution in [3.63, 3.8) is 0 Å². The highest BCUT2D eigenvalue weighted by Gasteiger charge is 2.34. The molecule has 1 N–H and O–H groups in total. The van der Waals surface area contributed by atoms with Gasteiger partial charge in [0.2, 0.25) is 15.9 Å². The van der Waals surface area contributed by atoms with Gasteiger partial charge in [0, 0.05) is 25.8 Å². The molecule has 0 bridgehead atoms. The number of hydrogen-bond acceptors (Lipinski definition) is 4. The summed E-state index contributed by atoms with van der Waals surface area (Å²) in [5.41, 5.74) is -0.274. The Kier molecular flexibility index (Phi) is 7.35. The van der Waals surface area contributed by atoms with Crippen LogP contribution in [0.3, 0.4) is 0 Å². The number of alkyl halides is 3. The maximum Gasteiger partial charge on any atom is 0.416 e. The van der Waals surface area contributed by atoms with Crippen molar-refractivity contribution in [2.45, 2.75) is 19.1 Å². The molecule has 30 heavy (non-hydrogen) atoms. The molecule has 0 aliphatic rings. The van der Waals surface area contributed by atoms with Gasteiger partial charge in [-0.1, -0.05) is 24.3 Å². The molecule has 164 valence electrons. The molecule has 0 spiro atoms. The molecule has 0 aliphatic carbocycles. The molecular formula is C20H24F3N3O3S. The molecule has 0 heterocycles. The Hall–Kier alpha value is -2.75. The second-order valence-electron chi connectivity index (χ2n) is 6.83. The third-order valence-corrected chi connectivity index (χ3v) is 5.70. The van der Waals surface area contributed by atoms with E-state index in [1.807, 2.05) is 42.3 Å². The summed E-state index contributed by atoms with van der Waals surface area (Å²) in [6.07, 6.45) is -3.78. The normalized spacial score (nSPS) is 12.9. The summed E-state index contributed by atoms with van der Waals surface area (Å²) in [5.74, 6) is -0.612. The Morgan fingerprint density at radius 3 is 2.23 bits per heavy atom. The number of likely N-dealkylation sites (N-methyl/N-ethyl adjacent to an activating group) is 1. The van der Waals surface area contributed by atoms with E-state index in [1.54, 1.807) is 0 Å². The van der Waals surface area contributed by atoms with Crippen LogP contribution in [0.2, 0.25) is 0 Å². The summed E-state index contributed by atoms with van der Waals surface area (Å²) in [5, 5.41) is 2.64. The maximum absolute atomic E-state index is 13.0. The van der Waals surface area contributed by atoms with E-state index >= 15 is 0 Å². The molecule has 2 aromatic rings. The summed E-state index contributed by atoms with van der Waals surface area (Å²) in [4.78, 5) is 14.5. The zero-order valence-electron chi connectivity index (χ0n) is 16.8. The zero-order valence-corrected chi connectivity index (χ0v) is 17.7. The summed E-state index contributed by atoms with van der Waals surface area (Å²) in [6, 6.07) is 12.1. The topological polar surface area (TPSA) is 69.7 Å². The number of amides is 1. The molecule has 2 aromatic carbocycles. The van der Waals surface area contributed by atoms with E-state index in [0.717, 1.165) is 24.1 Å². The van der Waals surface area contributed by atoms with Crippen LogP contribution in [0, 0.1) is 0 Å². The molecule has 0 aromatic heterocycles. The van der Waals surface area contributed by atoms with E-state index in [2.05, 4.69) is 5.32 Å². The van der Waals surface area contributed by atoms with Crippen LogP contribution in [0.5, 0.6) is 0 Å². The predicted octanol–water partition coefficient (Wildman–Crippen LogP) is 3.11. The van der Waals surface area contributed by atoms with Crippen molar-refractivity contribution in [3.8, 4) is 0 Å². The van der Waals surface area contributed by atoms with E-state index < -0.39 is 33.7 Å². The number of halogens is 3. The van der Waals surface area contributed by atoms with Gasteiger partial charge in [-0.15, -0.1) is 0 Å². The highest BCUT2D eigenvalue weighted by Crippen LogP contribution is 2.32. The largest absolute Gasteiger partial charge is 0.416 e. The van der Waals surface area contributed by atoms with Crippen molar-refractivity contribution in [2.24, 2.45) is 0 Å². The Bertz CT molecular complexity index is 966. The summed E-state index contributed by atoms with van der Waals surface area (Å²) < 4.78 is 64.3. The zero-order chi connectivity index (χ0) is 22.5. The van der Waals surface area contributed by atoms with E-state index in [0.29, 0.717) is 16.9 Å². The number of carbonyl (C=O) groups is 1. The van der Waals surface area contributed by atoms with Crippen molar-refractivity contribution in [3.05, 3.63) is 60.2 Å². The van der Waals surface area contributed by atoms with Gasteiger partial charge in [0.05, 0.1) is 17.5 Å². The maximum atomic E-state index is 13.0. The summed E-state index contributed by atoms with van der Waals surface area (Å²) >= 11 is 0. The second kappa shape index (κ2) is 9.38. The summed E-state index contributed by atoms with van der Waals surface area (Å²) in [7, 11) is -2.17. The molecule has 0 fully saturated rings. The van der Waals surface area contributed by atoms with Crippen molar-refractivity contribution in [1.29, 1.82) is 0 Å². The number of nitrogens with one attached hydrogen (secondary N) is 1. The number of hydrogen-bond donors (Lipinski definition) is 1. The van der Waals surface area contributed by atoms with Gasteiger partial charge in [-0.2, -0.15) is 13.2 Å². The number of para-hydroxylation sites is 1. The SMILES string of the molecule is C[C@H](C(=O)NCCN(C)c1ccccc1)N(c1cccc(C(F)(F)F)c1)S(C)(=O)=O. The lowest BCUT2D eigenvalue weighted by molar-refractivity contribution is -0.137. The molecule has 0 saturated carbocycles. The van der Waals surface area contributed by atoms with Gasteiger partial charge in [-0.05, 0) is 37.3 Å². The molecule has 0 aliphatic heterocycles. The molecule has 6 nitrogen and oxygen atoms in total. The smallest absolute Gasteiger partial charge is 0.373 e. The van der Waals surface area contributed by atoms with E-state index in [-0.39, 0.29) is 12.2 Å². The number of sulfonamides is 1. The van der Waals surface area contributed by atoms with Crippen LogP contribution < -0.4 is 14.5 Å². The van der Waals surface area contributed by atoms with Crippen molar-refractivity contribution in [2.75, 3.05) is 35.6 Å². The second-order valence-corrected chi connectivity index (χ2v) is 8.69. The lowest BCUT2D eigenvalue weighted by Gasteiger charge is -2.29. The van der Waals surface area contributed by atoms with Gasteiger partial charge in [0.25, 0.3) is 0 Å². The van der Waals surface area contributed by atoms with Crippen molar-refractivity contribution in [1.82, 2.24) is 5.32 Å². The third-order valence-electron chi connectivity index (χ3n) is 4.46. The minimum atomic E-state index is -4.63. The molecule has 0 saturated heterocycles. The van der Waals surface area contributed by atoms with Gasteiger partial charge in [0.1, 0.15) is 6.04 Å². The lowest BCUT2D eigenvalue weighted by atomic mass is 10.2. The lowest BCUT2D eigenvalue weighted by Crippen LogP contribution is -2.49. The Morgan fingerprint density at radius 2 is 1.67 bits per heavy atom. The van der Waals surface area contributed by atoms with Gasteiger partial charge in [-0.3, -0.25) is 9.10 Å². The highest BCUT2D eigenvalue weighted by atomic mass is 32.2. The van der Waals surface area contributed by atoms with E-state index in [1.165, 1.54) is 13.0 Å². The van der Waals surface area contributed by atoms with E-state index in [4.69, 9.17) is 0 Å². The van der Waals surface area contributed by atoms with Crippen LogP contribution in [0.15, 0.2) is 54.6 Å². The summed E-state index contributed by atoms with van der Waals surface area (Å²) in [6.45, 7) is 2.03. The van der Waals surface area contributed by atoms with Crippen LogP contribution in [-0.2, 0) is 21.0 Å². The molecule has 2 rings (SSSR count). The number of anilines is 2. The van der Waals surface area contributed by atoms with Crippen LogP contribution in [0.4, 0.5) is 24.5 Å². The van der Waals surface area contributed by atoms with Gasteiger partial charge in [-0.25, -0.2) is 8.42 Å². The first kappa shape index (κ1) is 23.5. The third kappa shape index (κ3) is 6.12. The molecular weight excluding hydrogens is 419 g/mol. The molecule has 10 heteroatoms. The fraction of sp³-hybridized carbons (Fsp3) is 0.350. The van der Waals surface area contributed by atoms with Gasteiger partial charge in [0.15, 0.2) is 0 Å². The fourth-order valence-corrected chi connectivity index (χ4v) is 4.10. The molecule has 1 amide bonds. The van der Waals surface area contributed by atoms with Crippen LogP contribution in [-0.4, -0.2) is 46.8 Å². The predicted molar refractivity (Wildman–Crippen MR) is 111 cm³/mol. The highest BCUT2D eigenvalue weighted by molar-refractivity contribution is 7.92. The minimum absolute atomic E-state index is 0.226. The van der Waals surface area contributed by atoms with Gasteiger partial charge >= 0.3 is 6.18 Å². The number of carbonyl (C=O) groups excluding carboxylic acids is 1. The van der Waals surface area contributed by atoms with E-state index in [9.17, 15) is 26.4 Å². The van der Waals surface area contributed by atoms with Crippen molar-refractivity contribution < 1.29 is 26.4 Å². The Morgan fingerprint density at radius 1 is 1.07 bits per heavy atom.